The Morgan fingerprint density at radius 2 is 1.83 bits per heavy atom. The molecule has 1 saturated carbocycles. The van der Waals surface area contributed by atoms with Crippen molar-refractivity contribution in [3.05, 3.63) is 71.1 Å². The average Bonchev–Trinajstić information content (AvgIpc) is 3.45. The minimum atomic E-state index is -4.49. The first-order valence-electron chi connectivity index (χ1n) is 11.0. The molecule has 10 heteroatoms. The molecule has 0 bridgehead atoms. The average molecular weight is 502 g/mol. The Morgan fingerprint density at radius 1 is 1.06 bits per heavy atom. The van der Waals surface area contributed by atoms with E-state index >= 15 is 0 Å². The van der Waals surface area contributed by atoms with Gasteiger partial charge in [0.1, 0.15) is 6.10 Å². The van der Waals surface area contributed by atoms with Crippen molar-refractivity contribution in [2.45, 2.75) is 38.0 Å². The Labute approximate surface area is 203 Å². The Morgan fingerprint density at radius 3 is 2.43 bits per heavy atom. The van der Waals surface area contributed by atoms with E-state index in [-0.39, 0.29) is 16.8 Å². The van der Waals surface area contributed by atoms with E-state index in [4.69, 9.17) is 16.3 Å². The number of carboxylic acid groups (broad SMARTS) is 1. The van der Waals surface area contributed by atoms with Crippen LogP contribution >= 0.6 is 11.6 Å². The van der Waals surface area contributed by atoms with Gasteiger partial charge in [-0.1, -0.05) is 17.7 Å². The van der Waals surface area contributed by atoms with Crippen LogP contribution in [0.3, 0.4) is 0 Å². The summed E-state index contributed by atoms with van der Waals surface area (Å²) in [5.74, 6) is -0.762. The number of nitrogens with zero attached hydrogens (tertiary/aromatic N) is 3. The number of fused-ring (bicyclic) bond motifs is 1. The van der Waals surface area contributed by atoms with E-state index in [2.05, 4.69) is 9.97 Å². The van der Waals surface area contributed by atoms with E-state index in [1.807, 2.05) is 0 Å². The maximum atomic E-state index is 12.9. The molecule has 180 valence electrons. The number of halogens is 4. The van der Waals surface area contributed by atoms with Gasteiger partial charge in [0.15, 0.2) is 5.69 Å². The SMILES string of the molecule is O=C(O)c1c(Cl)c2cc(-c3ccc(C(F)(F)F)cn3)ccc2n1-c1ccc(OC2CCCC2)nc1. The smallest absolute Gasteiger partial charge is 0.417 e. The van der Waals surface area contributed by atoms with Gasteiger partial charge in [-0.05, 0) is 56.0 Å². The van der Waals surface area contributed by atoms with Crippen LogP contribution in [-0.4, -0.2) is 31.7 Å². The molecule has 6 nitrogen and oxygen atoms in total. The van der Waals surface area contributed by atoms with Crippen LogP contribution in [0.15, 0.2) is 54.9 Å². The number of carbonyl (C=O) groups is 1. The van der Waals surface area contributed by atoms with Crippen molar-refractivity contribution in [3.8, 4) is 22.8 Å². The second kappa shape index (κ2) is 8.88. The zero-order chi connectivity index (χ0) is 24.7. The highest BCUT2D eigenvalue weighted by Gasteiger charge is 2.31. The third kappa shape index (κ3) is 4.43. The summed E-state index contributed by atoms with van der Waals surface area (Å²) in [5.41, 5.74) is 0.794. The molecule has 5 rings (SSSR count). The summed E-state index contributed by atoms with van der Waals surface area (Å²) in [6.45, 7) is 0. The van der Waals surface area contributed by atoms with Gasteiger partial charge in [0.2, 0.25) is 5.88 Å². The summed E-state index contributed by atoms with van der Waals surface area (Å²) >= 11 is 6.48. The Bertz CT molecular complexity index is 1390. The normalized spacial score (nSPS) is 14.5. The molecule has 1 aliphatic rings. The lowest BCUT2D eigenvalue weighted by atomic mass is 10.1. The summed E-state index contributed by atoms with van der Waals surface area (Å²) in [5, 5.41) is 10.3. The van der Waals surface area contributed by atoms with Crippen LogP contribution in [0.2, 0.25) is 5.02 Å². The van der Waals surface area contributed by atoms with Gasteiger partial charge in [0.05, 0.1) is 33.7 Å². The molecule has 0 amide bonds. The highest BCUT2D eigenvalue weighted by atomic mass is 35.5. The topological polar surface area (TPSA) is 77.2 Å². The lowest BCUT2D eigenvalue weighted by Gasteiger charge is -2.13. The number of aromatic nitrogens is 3. The van der Waals surface area contributed by atoms with E-state index in [0.29, 0.717) is 33.7 Å². The first kappa shape index (κ1) is 23.2. The molecular weight excluding hydrogens is 483 g/mol. The molecule has 4 aromatic rings. The second-order valence-electron chi connectivity index (χ2n) is 8.34. The predicted molar refractivity (Wildman–Crippen MR) is 124 cm³/mol. The van der Waals surface area contributed by atoms with Crippen molar-refractivity contribution in [2.75, 3.05) is 0 Å². The van der Waals surface area contributed by atoms with Gasteiger partial charge < -0.3 is 14.4 Å². The monoisotopic (exact) mass is 501 g/mol. The highest BCUT2D eigenvalue weighted by Crippen LogP contribution is 2.37. The van der Waals surface area contributed by atoms with Crippen LogP contribution in [0.5, 0.6) is 5.88 Å². The highest BCUT2D eigenvalue weighted by molar-refractivity contribution is 6.38. The number of rotatable bonds is 5. The number of pyridine rings is 2. The fraction of sp³-hybridized carbons (Fsp3) is 0.240. The number of carboxylic acids is 1. The van der Waals surface area contributed by atoms with E-state index in [1.165, 1.54) is 16.8 Å². The molecule has 3 heterocycles. The standard InChI is InChI=1S/C25H19ClF3N3O3/c26-22-18-11-14(19-8-6-15(12-30-19)25(27,28)29)5-9-20(18)32(23(22)24(33)34)16-7-10-21(31-13-16)35-17-3-1-2-4-17/h5-13,17H,1-4H2,(H,33,34). The van der Waals surface area contributed by atoms with Crippen LogP contribution in [0, 0.1) is 0 Å². The van der Waals surface area contributed by atoms with E-state index in [1.54, 1.807) is 30.3 Å². The molecule has 0 atom stereocenters. The minimum Gasteiger partial charge on any atom is -0.477 e. The first-order valence-corrected chi connectivity index (χ1v) is 11.3. The molecule has 0 radical (unpaired) electrons. The molecule has 0 aliphatic heterocycles. The lowest BCUT2D eigenvalue weighted by Crippen LogP contribution is -2.12. The van der Waals surface area contributed by atoms with Crippen molar-refractivity contribution in [2.24, 2.45) is 0 Å². The van der Waals surface area contributed by atoms with Crippen LogP contribution < -0.4 is 4.74 Å². The summed E-state index contributed by atoms with van der Waals surface area (Å²) in [6, 6.07) is 10.5. The van der Waals surface area contributed by atoms with Crippen LogP contribution in [0.4, 0.5) is 13.2 Å². The molecule has 35 heavy (non-hydrogen) atoms. The summed E-state index contributed by atoms with van der Waals surface area (Å²) in [6.07, 6.45) is 2.17. The molecule has 1 N–H and O–H groups in total. The summed E-state index contributed by atoms with van der Waals surface area (Å²) in [7, 11) is 0. The second-order valence-corrected chi connectivity index (χ2v) is 8.72. The Balaban J connectivity index is 1.54. The number of benzene rings is 1. The van der Waals surface area contributed by atoms with Crippen molar-refractivity contribution in [3.63, 3.8) is 0 Å². The van der Waals surface area contributed by atoms with Crippen molar-refractivity contribution in [1.29, 1.82) is 0 Å². The summed E-state index contributed by atoms with van der Waals surface area (Å²) in [4.78, 5) is 20.4. The number of ether oxygens (including phenoxy) is 1. The quantitative estimate of drug-likeness (QED) is 0.326. The van der Waals surface area contributed by atoms with Gasteiger partial charge >= 0.3 is 12.1 Å². The van der Waals surface area contributed by atoms with Gasteiger partial charge in [0.25, 0.3) is 0 Å². The third-order valence-corrected chi connectivity index (χ3v) is 6.45. The van der Waals surface area contributed by atoms with Crippen molar-refractivity contribution < 1.29 is 27.8 Å². The maximum absolute atomic E-state index is 12.9. The Hall–Kier alpha value is -3.59. The molecule has 1 aliphatic carbocycles. The number of aromatic carboxylic acids is 1. The van der Waals surface area contributed by atoms with Gasteiger partial charge in [-0.2, -0.15) is 13.2 Å². The first-order chi connectivity index (χ1) is 16.7. The fourth-order valence-electron chi connectivity index (χ4n) is 4.35. The molecule has 1 aromatic carbocycles. The van der Waals surface area contributed by atoms with Crippen molar-refractivity contribution in [1.82, 2.24) is 14.5 Å². The molecule has 1 fully saturated rings. The van der Waals surface area contributed by atoms with E-state index in [9.17, 15) is 23.1 Å². The van der Waals surface area contributed by atoms with Gasteiger partial charge in [0, 0.05) is 23.2 Å². The molecule has 3 aromatic heterocycles. The molecule has 0 spiro atoms. The summed E-state index contributed by atoms with van der Waals surface area (Å²) < 4.78 is 46.0. The van der Waals surface area contributed by atoms with Gasteiger partial charge in [-0.25, -0.2) is 9.78 Å². The third-order valence-electron chi connectivity index (χ3n) is 6.06. The zero-order valence-electron chi connectivity index (χ0n) is 18.2. The predicted octanol–water partition coefficient (Wildman–Crippen LogP) is 6.78. The van der Waals surface area contributed by atoms with E-state index in [0.717, 1.165) is 37.9 Å². The fourth-order valence-corrected chi connectivity index (χ4v) is 4.67. The number of hydrogen-bond donors (Lipinski definition) is 1. The van der Waals surface area contributed by atoms with Gasteiger partial charge in [-0.3, -0.25) is 4.98 Å². The van der Waals surface area contributed by atoms with Crippen LogP contribution in [-0.2, 0) is 6.18 Å². The number of alkyl halides is 3. The molecular formula is C25H19ClF3N3O3. The van der Waals surface area contributed by atoms with Crippen LogP contribution in [0.25, 0.3) is 27.8 Å². The molecule has 0 unspecified atom stereocenters. The lowest BCUT2D eigenvalue weighted by molar-refractivity contribution is -0.137. The van der Waals surface area contributed by atoms with Crippen molar-refractivity contribution >= 4 is 28.5 Å². The number of hydrogen-bond acceptors (Lipinski definition) is 4. The van der Waals surface area contributed by atoms with E-state index < -0.39 is 17.7 Å². The largest absolute Gasteiger partial charge is 0.477 e. The Kier molecular flexibility index (Phi) is 5.88. The minimum absolute atomic E-state index is 0.00699. The molecule has 0 saturated heterocycles. The maximum Gasteiger partial charge on any atom is 0.417 e. The van der Waals surface area contributed by atoms with Crippen LogP contribution in [0.1, 0.15) is 41.7 Å². The van der Waals surface area contributed by atoms with Gasteiger partial charge in [-0.15, -0.1) is 0 Å². The zero-order valence-corrected chi connectivity index (χ0v) is 19.0.